The number of likely N-dealkylation sites (tertiary alicyclic amines) is 1. The first-order valence-electron chi connectivity index (χ1n) is 8.49. The number of methoxy groups -OCH3 is 1. The molecule has 1 aliphatic carbocycles. The first-order valence-corrected chi connectivity index (χ1v) is 8.49. The number of carbonyl (C=O) groups excluding carboxylic acids is 2. The molecule has 134 valence electrons. The van der Waals surface area contributed by atoms with Crippen LogP contribution < -0.4 is 4.74 Å². The van der Waals surface area contributed by atoms with Gasteiger partial charge in [0.15, 0.2) is 0 Å². The van der Waals surface area contributed by atoms with E-state index in [-0.39, 0.29) is 43.4 Å². The molecule has 3 rings (SSSR count). The Labute approximate surface area is 147 Å². The number of hydrogen-bond donors (Lipinski definition) is 1. The molecule has 0 saturated carbocycles. The number of nitrogens with zero attached hydrogens (tertiary/aromatic N) is 1. The Morgan fingerprint density at radius 2 is 1.80 bits per heavy atom. The maximum atomic E-state index is 12.4. The normalized spacial score (nSPS) is 23.7. The van der Waals surface area contributed by atoms with E-state index in [1.807, 2.05) is 36.4 Å². The number of fused-ring (bicyclic) bond motifs is 1. The second-order valence-corrected chi connectivity index (χ2v) is 6.42. The molecule has 2 amide bonds. The van der Waals surface area contributed by atoms with Gasteiger partial charge in [0.05, 0.1) is 44.8 Å². The monoisotopic (exact) mass is 345 g/mol. The number of para-hydroxylation sites is 1. The van der Waals surface area contributed by atoms with Gasteiger partial charge in [0, 0.05) is 5.56 Å². The van der Waals surface area contributed by atoms with Gasteiger partial charge in [0.1, 0.15) is 5.75 Å². The molecule has 1 aromatic carbocycles. The van der Waals surface area contributed by atoms with Crippen LogP contribution >= 0.6 is 0 Å². The van der Waals surface area contributed by atoms with Gasteiger partial charge in [-0.25, -0.2) is 0 Å². The molecule has 0 aromatic heterocycles. The number of carbonyl (C=O) groups is 2. The zero-order valence-electron chi connectivity index (χ0n) is 14.3. The van der Waals surface area contributed by atoms with Gasteiger partial charge < -0.3 is 14.6 Å². The van der Waals surface area contributed by atoms with Crippen LogP contribution in [0.1, 0.15) is 18.4 Å². The Morgan fingerprint density at radius 3 is 2.44 bits per heavy atom. The maximum Gasteiger partial charge on any atom is 0.233 e. The molecule has 3 unspecified atom stereocenters. The van der Waals surface area contributed by atoms with Gasteiger partial charge in [0.2, 0.25) is 11.8 Å². The molecule has 2 aliphatic rings. The van der Waals surface area contributed by atoms with Crippen LogP contribution in [0, 0.1) is 11.8 Å². The molecular weight excluding hydrogens is 322 g/mol. The lowest BCUT2D eigenvalue weighted by Gasteiger charge is -2.19. The fraction of sp³-hybridized carbons (Fsp3) is 0.474. The third-order valence-corrected chi connectivity index (χ3v) is 4.75. The van der Waals surface area contributed by atoms with E-state index in [0.29, 0.717) is 12.8 Å². The van der Waals surface area contributed by atoms with Crippen molar-refractivity contribution < 1.29 is 24.2 Å². The van der Waals surface area contributed by atoms with Crippen molar-refractivity contribution in [3.05, 3.63) is 42.0 Å². The summed E-state index contributed by atoms with van der Waals surface area (Å²) in [6.07, 6.45) is 4.19. The molecule has 0 bridgehead atoms. The van der Waals surface area contributed by atoms with Crippen molar-refractivity contribution in [2.45, 2.75) is 25.6 Å². The van der Waals surface area contributed by atoms with E-state index in [1.165, 1.54) is 4.90 Å². The second-order valence-electron chi connectivity index (χ2n) is 6.42. The van der Waals surface area contributed by atoms with Gasteiger partial charge in [-0.1, -0.05) is 30.4 Å². The van der Waals surface area contributed by atoms with E-state index in [9.17, 15) is 14.7 Å². The Bertz CT molecular complexity index is 646. The van der Waals surface area contributed by atoms with E-state index in [1.54, 1.807) is 7.11 Å². The van der Waals surface area contributed by atoms with E-state index in [2.05, 4.69) is 0 Å². The Morgan fingerprint density at radius 1 is 1.16 bits per heavy atom. The van der Waals surface area contributed by atoms with Gasteiger partial charge in [-0.05, 0) is 18.9 Å². The molecule has 1 fully saturated rings. The zero-order chi connectivity index (χ0) is 17.8. The summed E-state index contributed by atoms with van der Waals surface area (Å²) in [5.74, 6) is -0.164. The van der Waals surface area contributed by atoms with E-state index in [4.69, 9.17) is 9.47 Å². The Kier molecular flexibility index (Phi) is 5.50. The highest BCUT2D eigenvalue weighted by Gasteiger charge is 2.47. The molecule has 0 radical (unpaired) electrons. The average molecular weight is 345 g/mol. The lowest BCUT2D eigenvalue weighted by atomic mass is 9.85. The third kappa shape index (κ3) is 3.75. The number of ether oxygens (including phenoxy) is 2. The van der Waals surface area contributed by atoms with Crippen molar-refractivity contribution in [2.75, 3.05) is 20.3 Å². The number of β-amino-alcohol motifs (C(OH)–C–C–N with tert-alkyl or cyclic N) is 1. The second kappa shape index (κ2) is 7.80. The van der Waals surface area contributed by atoms with Crippen LogP contribution in [0.4, 0.5) is 0 Å². The predicted molar refractivity (Wildman–Crippen MR) is 90.7 cm³/mol. The van der Waals surface area contributed by atoms with Gasteiger partial charge in [-0.2, -0.15) is 0 Å². The fourth-order valence-corrected chi connectivity index (χ4v) is 3.44. The number of imide groups is 1. The third-order valence-electron chi connectivity index (χ3n) is 4.75. The van der Waals surface area contributed by atoms with Gasteiger partial charge in [-0.3, -0.25) is 14.5 Å². The van der Waals surface area contributed by atoms with Crippen molar-refractivity contribution in [1.82, 2.24) is 4.90 Å². The first kappa shape index (κ1) is 17.6. The topological polar surface area (TPSA) is 76.1 Å². The summed E-state index contributed by atoms with van der Waals surface area (Å²) in [5, 5.41) is 10.2. The number of benzene rings is 1. The van der Waals surface area contributed by atoms with Crippen LogP contribution in [0.15, 0.2) is 36.4 Å². The largest absolute Gasteiger partial charge is 0.496 e. The van der Waals surface area contributed by atoms with Crippen LogP contribution in [0.2, 0.25) is 0 Å². The molecule has 25 heavy (non-hydrogen) atoms. The highest BCUT2D eigenvalue weighted by Crippen LogP contribution is 2.35. The minimum Gasteiger partial charge on any atom is -0.496 e. The van der Waals surface area contributed by atoms with E-state index in [0.717, 1.165) is 11.3 Å². The first-order chi connectivity index (χ1) is 12.1. The molecule has 1 heterocycles. The predicted octanol–water partition coefficient (Wildman–Crippen LogP) is 1.52. The maximum absolute atomic E-state index is 12.4. The van der Waals surface area contributed by atoms with Gasteiger partial charge in [-0.15, -0.1) is 0 Å². The number of amides is 2. The summed E-state index contributed by atoms with van der Waals surface area (Å²) in [6.45, 7) is 0.317. The summed E-state index contributed by atoms with van der Waals surface area (Å²) in [7, 11) is 1.59. The highest BCUT2D eigenvalue weighted by molar-refractivity contribution is 6.05. The summed E-state index contributed by atoms with van der Waals surface area (Å²) in [4.78, 5) is 25.9. The van der Waals surface area contributed by atoms with Gasteiger partial charge >= 0.3 is 0 Å². The molecule has 6 heteroatoms. The minimum atomic E-state index is -0.907. The summed E-state index contributed by atoms with van der Waals surface area (Å²) in [6, 6.07) is 7.48. The van der Waals surface area contributed by atoms with Crippen molar-refractivity contribution in [2.24, 2.45) is 11.8 Å². The molecule has 1 N–H and O–H groups in total. The van der Waals surface area contributed by atoms with Crippen molar-refractivity contribution in [1.29, 1.82) is 0 Å². The number of hydrogen-bond acceptors (Lipinski definition) is 5. The van der Waals surface area contributed by atoms with Crippen LogP contribution in [0.5, 0.6) is 5.75 Å². The van der Waals surface area contributed by atoms with E-state index >= 15 is 0 Å². The molecule has 1 aliphatic heterocycles. The SMILES string of the molecule is COc1ccccc1COCC(O)CN1C(=O)C2CC=CCC2C1=O. The Hall–Kier alpha value is -2.18. The van der Waals surface area contributed by atoms with Crippen molar-refractivity contribution in [3.63, 3.8) is 0 Å². The Balaban J connectivity index is 1.50. The molecule has 6 nitrogen and oxygen atoms in total. The minimum absolute atomic E-state index is 0.0173. The average Bonchev–Trinajstić information content (AvgIpc) is 2.87. The number of rotatable bonds is 7. The zero-order valence-corrected chi connectivity index (χ0v) is 14.3. The van der Waals surface area contributed by atoms with Crippen LogP contribution in [0.25, 0.3) is 0 Å². The lowest BCUT2D eigenvalue weighted by molar-refractivity contribution is -0.142. The van der Waals surface area contributed by atoms with Crippen LogP contribution in [-0.4, -0.2) is 48.2 Å². The molecular formula is C19H23NO5. The summed E-state index contributed by atoms with van der Waals surface area (Å²) >= 11 is 0. The summed E-state index contributed by atoms with van der Waals surface area (Å²) in [5.41, 5.74) is 0.877. The molecule has 3 atom stereocenters. The van der Waals surface area contributed by atoms with Crippen LogP contribution in [0.3, 0.4) is 0 Å². The standard InChI is InChI=1S/C19H23NO5/c1-24-17-9-5-2-6-13(17)11-25-12-14(21)10-20-18(22)15-7-3-4-8-16(15)19(20)23/h2-6,9,14-16,21H,7-8,10-12H2,1H3. The quantitative estimate of drug-likeness (QED) is 0.599. The van der Waals surface area contributed by atoms with Gasteiger partial charge in [0.25, 0.3) is 0 Å². The number of allylic oxidation sites excluding steroid dienone is 2. The molecule has 0 spiro atoms. The van der Waals surface area contributed by atoms with E-state index < -0.39 is 6.10 Å². The summed E-state index contributed by atoms with van der Waals surface area (Å²) < 4.78 is 10.8. The van der Waals surface area contributed by atoms with Crippen molar-refractivity contribution in [3.8, 4) is 5.75 Å². The molecule has 1 saturated heterocycles. The highest BCUT2D eigenvalue weighted by atomic mass is 16.5. The smallest absolute Gasteiger partial charge is 0.233 e. The lowest BCUT2D eigenvalue weighted by Crippen LogP contribution is -2.39. The van der Waals surface area contributed by atoms with Crippen LogP contribution in [-0.2, 0) is 20.9 Å². The fourth-order valence-electron chi connectivity index (χ4n) is 3.44. The molecule has 1 aromatic rings. The number of aliphatic hydroxyl groups excluding tert-OH is 1. The number of aliphatic hydroxyl groups is 1. The van der Waals surface area contributed by atoms with Crippen molar-refractivity contribution >= 4 is 11.8 Å².